The predicted octanol–water partition coefficient (Wildman–Crippen LogP) is 6.20. The largest absolute Gasteiger partial charge is 0.382 e. The molecule has 0 aliphatic carbocycles. The lowest BCUT2D eigenvalue weighted by molar-refractivity contribution is 0.134. The topological polar surface area (TPSA) is 12.5 Å². The van der Waals surface area contributed by atoms with Crippen molar-refractivity contribution in [2.45, 2.75) is 90.3 Å². The van der Waals surface area contributed by atoms with Crippen LogP contribution in [0.4, 0.5) is 0 Å². The lowest BCUT2D eigenvalue weighted by Gasteiger charge is -2.12. The minimum atomic E-state index is 0. The molecule has 0 rings (SSSR count). The Morgan fingerprint density at radius 2 is 0.789 bits per heavy atom. The molecule has 0 aromatic carbocycles. The van der Waals surface area contributed by atoms with Crippen LogP contribution in [0.25, 0.3) is 0 Å². The summed E-state index contributed by atoms with van der Waals surface area (Å²) in [5.41, 5.74) is 0. The molecule has 2 heteroatoms. The Bertz CT molecular complexity index is 90.7. The number of hydrogen-bond acceptors (Lipinski definition) is 2. The number of nitrogens with zero attached hydrogens (tertiary/aromatic N) is 1. The van der Waals surface area contributed by atoms with Gasteiger partial charge in [0.1, 0.15) is 0 Å². The van der Waals surface area contributed by atoms with Crippen molar-refractivity contribution in [2.24, 2.45) is 5.92 Å². The van der Waals surface area contributed by atoms with E-state index in [1.807, 2.05) is 13.8 Å². The lowest BCUT2D eigenvalue weighted by atomic mass is 10.3. The molecular weight excluding hydrogens is 234 g/mol. The van der Waals surface area contributed by atoms with Crippen LogP contribution in [0, 0.1) is 5.92 Å². The van der Waals surface area contributed by atoms with Gasteiger partial charge in [-0.05, 0) is 47.7 Å². The summed E-state index contributed by atoms with van der Waals surface area (Å²) in [6.07, 6.45) is 0.384. The maximum absolute atomic E-state index is 4.75. The predicted molar refractivity (Wildman–Crippen MR) is 98.4 cm³/mol. The van der Waals surface area contributed by atoms with Crippen molar-refractivity contribution in [1.29, 1.82) is 0 Å². The molecule has 128 valence electrons. The summed E-state index contributed by atoms with van der Waals surface area (Å²) >= 11 is 0. The molecule has 0 amide bonds. The molecule has 0 bridgehead atoms. The molecule has 0 fully saturated rings. The van der Waals surface area contributed by atoms with E-state index in [0.717, 1.165) is 5.92 Å². The molecule has 0 aliphatic heterocycles. The Morgan fingerprint density at radius 1 is 0.684 bits per heavy atom. The highest BCUT2D eigenvalue weighted by molar-refractivity contribution is 4.46. The summed E-state index contributed by atoms with van der Waals surface area (Å²) in [5, 5.41) is 0. The molecular formula is C17H49NO. The Hall–Kier alpha value is -0.0800. The summed E-state index contributed by atoms with van der Waals surface area (Å²) in [4.78, 5) is 2.17. The van der Waals surface area contributed by atoms with Crippen molar-refractivity contribution < 1.29 is 4.74 Å². The molecule has 0 atom stereocenters. The molecule has 0 unspecified atom stereocenters. The highest BCUT2D eigenvalue weighted by Gasteiger charge is 1.90. The molecule has 0 saturated carbocycles. The van der Waals surface area contributed by atoms with E-state index in [4.69, 9.17) is 4.74 Å². The van der Waals surface area contributed by atoms with Crippen LogP contribution in [0.2, 0.25) is 0 Å². The Kier molecular flexibility index (Phi) is 69.2. The molecule has 2 nitrogen and oxygen atoms in total. The third-order valence-corrected chi connectivity index (χ3v) is 1.50. The highest BCUT2D eigenvalue weighted by atomic mass is 16.5. The molecule has 0 radical (unpaired) electrons. The van der Waals surface area contributed by atoms with E-state index in [-0.39, 0.29) is 29.7 Å². The first-order chi connectivity index (χ1) is 6.64. The fraction of sp³-hybridized carbons (Fsp3) is 1.00. The second kappa shape index (κ2) is 30.7. The summed E-state index contributed by atoms with van der Waals surface area (Å²) in [7, 11) is 5.85. The standard InChI is InChI=1S/C5H13N.C4H10O.C4H10.4CH4/c1-5(2)6(3)4;1-4(2)5-3;1-4(2)3;;;;/h5H,1-4H3;4H,1-3H3;4H,1-3H3;4*1H4. The van der Waals surface area contributed by atoms with Gasteiger partial charge in [-0.15, -0.1) is 0 Å². The lowest BCUT2D eigenvalue weighted by Crippen LogP contribution is -2.20. The minimum Gasteiger partial charge on any atom is -0.382 e. The van der Waals surface area contributed by atoms with Crippen LogP contribution in [0.1, 0.15) is 78.2 Å². The maximum atomic E-state index is 4.75. The molecule has 0 aromatic rings. The zero-order valence-electron chi connectivity index (χ0n) is 12.6. The maximum Gasteiger partial charge on any atom is 0.0515 e. The van der Waals surface area contributed by atoms with Gasteiger partial charge in [-0.2, -0.15) is 0 Å². The van der Waals surface area contributed by atoms with Crippen LogP contribution in [-0.4, -0.2) is 38.3 Å². The minimum absolute atomic E-state index is 0. The normalized spacial score (nSPS) is 7.89. The van der Waals surface area contributed by atoms with Gasteiger partial charge < -0.3 is 9.64 Å². The van der Waals surface area contributed by atoms with Crippen LogP contribution in [0.5, 0.6) is 0 Å². The van der Waals surface area contributed by atoms with Gasteiger partial charge in [0, 0.05) is 13.2 Å². The van der Waals surface area contributed by atoms with Crippen molar-refractivity contribution >= 4 is 0 Å². The average Bonchev–Trinajstić information content (AvgIpc) is 2.04. The average molecular weight is 284 g/mol. The van der Waals surface area contributed by atoms with Crippen molar-refractivity contribution in [2.75, 3.05) is 21.2 Å². The molecule has 19 heavy (non-hydrogen) atoms. The smallest absolute Gasteiger partial charge is 0.0515 e. The molecule has 0 N–H and O–H groups in total. The Balaban J connectivity index is -0.0000000209. The molecule has 0 aliphatic rings. The van der Waals surface area contributed by atoms with Gasteiger partial charge >= 0.3 is 0 Å². The summed E-state index contributed by atoms with van der Waals surface area (Å²) < 4.78 is 4.75. The van der Waals surface area contributed by atoms with Crippen LogP contribution in [-0.2, 0) is 4.74 Å². The third-order valence-electron chi connectivity index (χ3n) is 1.50. The van der Waals surface area contributed by atoms with E-state index >= 15 is 0 Å². The van der Waals surface area contributed by atoms with E-state index < -0.39 is 0 Å². The van der Waals surface area contributed by atoms with Gasteiger partial charge in [0.2, 0.25) is 0 Å². The van der Waals surface area contributed by atoms with E-state index in [1.165, 1.54) is 0 Å². The van der Waals surface area contributed by atoms with Crippen LogP contribution < -0.4 is 0 Å². The Labute approximate surface area is 127 Å². The van der Waals surface area contributed by atoms with E-state index in [0.29, 0.717) is 12.1 Å². The zero-order chi connectivity index (χ0) is 13.0. The zero-order valence-corrected chi connectivity index (χ0v) is 12.6. The van der Waals surface area contributed by atoms with Crippen LogP contribution in [0.15, 0.2) is 0 Å². The molecule has 0 spiro atoms. The Morgan fingerprint density at radius 3 is 0.789 bits per heavy atom. The van der Waals surface area contributed by atoms with E-state index in [1.54, 1.807) is 7.11 Å². The fourth-order valence-corrected chi connectivity index (χ4v) is 0. The SMILES string of the molecule is C.C.C.C.CC(C)C.CC(C)N(C)C.COC(C)C. The van der Waals surface area contributed by atoms with Crippen molar-refractivity contribution in [3.05, 3.63) is 0 Å². The summed E-state index contributed by atoms with van der Waals surface area (Å²) in [5.74, 6) is 0.833. The number of ether oxygens (including phenoxy) is 1. The molecule has 0 saturated heterocycles. The first kappa shape index (κ1) is 42.8. The number of rotatable bonds is 2. The highest BCUT2D eigenvalue weighted by Crippen LogP contribution is 1.84. The van der Waals surface area contributed by atoms with Gasteiger partial charge in [0.25, 0.3) is 0 Å². The van der Waals surface area contributed by atoms with Gasteiger partial charge in [0.05, 0.1) is 6.10 Å². The van der Waals surface area contributed by atoms with Crippen LogP contribution >= 0.6 is 0 Å². The van der Waals surface area contributed by atoms with Gasteiger partial charge in [0.15, 0.2) is 0 Å². The quantitative estimate of drug-likeness (QED) is 0.598. The first-order valence-corrected chi connectivity index (χ1v) is 5.84. The van der Waals surface area contributed by atoms with Gasteiger partial charge in [-0.25, -0.2) is 0 Å². The monoisotopic (exact) mass is 283 g/mol. The number of hydrogen-bond donors (Lipinski definition) is 0. The van der Waals surface area contributed by atoms with E-state index in [2.05, 4.69) is 53.6 Å². The van der Waals surface area contributed by atoms with Crippen LogP contribution in [0.3, 0.4) is 0 Å². The van der Waals surface area contributed by atoms with Crippen molar-refractivity contribution in [3.8, 4) is 0 Å². The third kappa shape index (κ3) is 130. The second-order valence-electron chi connectivity index (χ2n) is 5.07. The summed E-state index contributed by atoms with van der Waals surface area (Å²) in [6, 6.07) is 0.685. The van der Waals surface area contributed by atoms with Crippen molar-refractivity contribution in [3.63, 3.8) is 0 Å². The molecule has 0 heterocycles. The van der Waals surface area contributed by atoms with Crippen molar-refractivity contribution in [1.82, 2.24) is 4.90 Å². The second-order valence-corrected chi connectivity index (χ2v) is 5.07. The molecule has 0 aromatic heterocycles. The number of methoxy groups -OCH3 is 1. The van der Waals surface area contributed by atoms with Gasteiger partial charge in [-0.1, -0.05) is 50.5 Å². The fourth-order valence-electron chi connectivity index (χ4n) is 0. The van der Waals surface area contributed by atoms with E-state index in [9.17, 15) is 0 Å². The van der Waals surface area contributed by atoms with Gasteiger partial charge in [-0.3, -0.25) is 0 Å². The summed E-state index contributed by atoms with van der Waals surface area (Å²) in [6.45, 7) is 14.8. The first-order valence-electron chi connectivity index (χ1n) is 5.84.